The summed E-state index contributed by atoms with van der Waals surface area (Å²) in [5, 5.41) is 14.1. The van der Waals surface area contributed by atoms with Gasteiger partial charge in [-0.1, -0.05) is 11.3 Å². The van der Waals surface area contributed by atoms with Crippen LogP contribution in [0.2, 0.25) is 0 Å². The van der Waals surface area contributed by atoms with Gasteiger partial charge in [-0.25, -0.2) is 9.97 Å². The molecule has 0 aliphatic carbocycles. The highest BCUT2D eigenvalue weighted by Crippen LogP contribution is 2.22. The van der Waals surface area contributed by atoms with Crippen LogP contribution in [0.4, 0.5) is 0 Å². The Balaban J connectivity index is 1.31. The predicted molar refractivity (Wildman–Crippen MR) is 114 cm³/mol. The van der Waals surface area contributed by atoms with Crippen LogP contribution in [0.25, 0.3) is 27.8 Å². The van der Waals surface area contributed by atoms with Crippen LogP contribution in [-0.2, 0) is 11.2 Å². The van der Waals surface area contributed by atoms with Gasteiger partial charge in [0.2, 0.25) is 0 Å². The van der Waals surface area contributed by atoms with Crippen molar-refractivity contribution in [2.75, 3.05) is 13.2 Å². The summed E-state index contributed by atoms with van der Waals surface area (Å²) in [5.41, 5.74) is 4.26. The van der Waals surface area contributed by atoms with Gasteiger partial charge in [-0.05, 0) is 42.7 Å². The number of hydrogen-bond donors (Lipinski definition) is 0. The fraction of sp³-hybridized carbons (Fsp3) is 0.273. The van der Waals surface area contributed by atoms with Crippen molar-refractivity contribution in [2.45, 2.75) is 25.3 Å². The number of rotatable bonds is 4. The first-order chi connectivity index (χ1) is 15.3. The van der Waals surface area contributed by atoms with Crippen LogP contribution in [-0.4, -0.2) is 52.9 Å². The van der Waals surface area contributed by atoms with E-state index in [-0.39, 0.29) is 0 Å². The lowest BCUT2D eigenvalue weighted by Gasteiger charge is -2.22. The van der Waals surface area contributed by atoms with Crippen molar-refractivity contribution in [1.82, 2.24) is 39.7 Å². The van der Waals surface area contributed by atoms with Crippen LogP contribution in [0.15, 0.2) is 55.1 Å². The van der Waals surface area contributed by atoms with Gasteiger partial charge < -0.3 is 4.74 Å². The van der Waals surface area contributed by atoms with Crippen LogP contribution < -0.4 is 0 Å². The van der Waals surface area contributed by atoms with E-state index >= 15 is 0 Å². The topological polar surface area (TPSA) is 96.4 Å². The summed E-state index contributed by atoms with van der Waals surface area (Å²) in [4.78, 5) is 13.6. The maximum Gasteiger partial charge on any atom is 0.187 e. The van der Waals surface area contributed by atoms with Crippen molar-refractivity contribution >= 4 is 22.1 Å². The van der Waals surface area contributed by atoms with Gasteiger partial charge in [0.15, 0.2) is 11.2 Å². The van der Waals surface area contributed by atoms with E-state index in [1.165, 1.54) is 0 Å². The number of benzene rings is 1. The molecule has 5 aromatic rings. The fourth-order valence-corrected chi connectivity index (χ4v) is 4.02. The van der Waals surface area contributed by atoms with Gasteiger partial charge in [-0.2, -0.15) is 9.78 Å². The van der Waals surface area contributed by atoms with Crippen molar-refractivity contribution in [3.63, 3.8) is 0 Å². The third-order valence-electron chi connectivity index (χ3n) is 5.66. The number of hydrogen-bond acceptors (Lipinski definition) is 7. The zero-order chi connectivity index (χ0) is 20.6. The Labute approximate surface area is 177 Å². The highest BCUT2D eigenvalue weighted by Gasteiger charge is 2.17. The summed E-state index contributed by atoms with van der Waals surface area (Å²) < 4.78 is 9.24. The summed E-state index contributed by atoms with van der Waals surface area (Å²) in [6.45, 7) is 1.59. The number of pyridine rings is 1. The van der Waals surface area contributed by atoms with Crippen LogP contribution in [0.5, 0.6) is 0 Å². The molecule has 5 heterocycles. The first-order valence-corrected chi connectivity index (χ1v) is 10.4. The molecule has 0 bridgehead atoms. The molecular weight excluding hydrogens is 392 g/mol. The lowest BCUT2D eigenvalue weighted by Crippen LogP contribution is -2.19. The molecule has 1 aliphatic heterocycles. The molecular formula is C22H20N8O. The molecule has 4 aromatic heterocycles. The van der Waals surface area contributed by atoms with E-state index in [4.69, 9.17) is 9.72 Å². The Kier molecular flexibility index (Phi) is 4.38. The van der Waals surface area contributed by atoms with Crippen molar-refractivity contribution in [3.8, 4) is 5.69 Å². The molecule has 9 heteroatoms. The SMILES string of the molecule is c1cnc2ccc(-n3nnc4cnc(Cc5cnn(C6CCOCC6)c5)nc43)cc2c1. The fourth-order valence-electron chi connectivity index (χ4n) is 4.02. The van der Waals surface area contributed by atoms with Crippen LogP contribution in [0, 0.1) is 0 Å². The van der Waals surface area contributed by atoms with E-state index in [2.05, 4.69) is 31.6 Å². The Bertz CT molecular complexity index is 1370. The van der Waals surface area contributed by atoms with Crippen molar-refractivity contribution in [2.24, 2.45) is 0 Å². The van der Waals surface area contributed by atoms with E-state index in [9.17, 15) is 0 Å². The molecule has 0 atom stereocenters. The standard InChI is InChI=1S/C22H20N8O/c1-2-16-11-18(3-4-19(16)23-7-1)30-22-20(27-28-30)13-24-21(26-22)10-15-12-25-29(14-15)17-5-8-31-9-6-17/h1-4,7,11-14,17H,5-6,8-10H2. The second-order valence-electron chi connectivity index (χ2n) is 7.73. The van der Waals surface area contributed by atoms with Gasteiger partial charge in [-0.15, -0.1) is 5.10 Å². The monoisotopic (exact) mass is 412 g/mol. The molecule has 0 saturated carbocycles. The van der Waals surface area contributed by atoms with E-state index in [1.807, 2.05) is 41.2 Å². The second-order valence-corrected chi connectivity index (χ2v) is 7.73. The normalized spacial score (nSPS) is 15.1. The molecule has 0 spiro atoms. The molecule has 6 rings (SSSR count). The quantitative estimate of drug-likeness (QED) is 0.448. The maximum absolute atomic E-state index is 5.45. The Morgan fingerprint density at radius 3 is 2.90 bits per heavy atom. The largest absolute Gasteiger partial charge is 0.381 e. The third-order valence-corrected chi connectivity index (χ3v) is 5.66. The highest BCUT2D eigenvalue weighted by molar-refractivity contribution is 5.81. The zero-order valence-electron chi connectivity index (χ0n) is 16.8. The lowest BCUT2D eigenvalue weighted by atomic mass is 10.1. The molecule has 0 N–H and O–H groups in total. The van der Waals surface area contributed by atoms with Crippen molar-refractivity contribution in [3.05, 3.63) is 66.5 Å². The van der Waals surface area contributed by atoms with Crippen molar-refractivity contribution < 1.29 is 4.74 Å². The molecule has 9 nitrogen and oxygen atoms in total. The summed E-state index contributed by atoms with van der Waals surface area (Å²) in [7, 11) is 0. The number of fused-ring (bicyclic) bond motifs is 2. The van der Waals surface area contributed by atoms with Gasteiger partial charge in [0.1, 0.15) is 5.82 Å². The Hall–Kier alpha value is -3.72. The first kappa shape index (κ1) is 18.1. The van der Waals surface area contributed by atoms with E-state index in [1.54, 1.807) is 17.1 Å². The molecule has 31 heavy (non-hydrogen) atoms. The number of nitrogens with zero attached hydrogens (tertiary/aromatic N) is 8. The van der Waals surface area contributed by atoms with E-state index in [0.29, 0.717) is 29.5 Å². The van der Waals surface area contributed by atoms with Gasteiger partial charge in [0.25, 0.3) is 0 Å². The molecule has 1 aliphatic rings. The summed E-state index contributed by atoms with van der Waals surface area (Å²) in [6.07, 6.45) is 10.1. The molecule has 0 radical (unpaired) electrons. The summed E-state index contributed by atoms with van der Waals surface area (Å²) in [5.74, 6) is 0.713. The van der Waals surface area contributed by atoms with Gasteiger partial charge in [0.05, 0.1) is 29.6 Å². The minimum Gasteiger partial charge on any atom is -0.381 e. The van der Waals surface area contributed by atoms with Crippen molar-refractivity contribution in [1.29, 1.82) is 0 Å². The minimum atomic E-state index is 0.402. The number of aromatic nitrogens is 8. The first-order valence-electron chi connectivity index (χ1n) is 10.4. The summed E-state index contributed by atoms with van der Waals surface area (Å²) in [6, 6.07) is 10.3. The van der Waals surface area contributed by atoms with Gasteiger partial charge >= 0.3 is 0 Å². The average Bonchev–Trinajstić information content (AvgIpc) is 3.46. The number of ether oxygens (including phenoxy) is 1. The highest BCUT2D eigenvalue weighted by atomic mass is 16.5. The maximum atomic E-state index is 5.45. The third kappa shape index (κ3) is 3.42. The van der Waals surface area contributed by atoms with Gasteiger partial charge in [0, 0.05) is 37.4 Å². The van der Waals surface area contributed by atoms with E-state index < -0.39 is 0 Å². The Morgan fingerprint density at radius 2 is 1.97 bits per heavy atom. The Morgan fingerprint density at radius 1 is 1.03 bits per heavy atom. The van der Waals surface area contributed by atoms with Gasteiger partial charge in [-0.3, -0.25) is 9.67 Å². The smallest absolute Gasteiger partial charge is 0.187 e. The van der Waals surface area contributed by atoms with Crippen LogP contribution in [0.1, 0.15) is 30.3 Å². The molecule has 0 amide bonds. The minimum absolute atomic E-state index is 0.402. The van der Waals surface area contributed by atoms with E-state index in [0.717, 1.165) is 48.2 Å². The zero-order valence-corrected chi connectivity index (χ0v) is 16.8. The predicted octanol–water partition coefficient (Wildman–Crippen LogP) is 2.90. The molecule has 1 fully saturated rings. The van der Waals surface area contributed by atoms with Crippen LogP contribution in [0.3, 0.4) is 0 Å². The van der Waals surface area contributed by atoms with Crippen LogP contribution >= 0.6 is 0 Å². The molecule has 154 valence electrons. The summed E-state index contributed by atoms with van der Waals surface area (Å²) >= 11 is 0. The molecule has 1 saturated heterocycles. The molecule has 1 aromatic carbocycles. The molecule has 0 unspecified atom stereocenters. The lowest BCUT2D eigenvalue weighted by molar-refractivity contribution is 0.0662. The average molecular weight is 412 g/mol. The second kappa shape index (κ2) is 7.51.